The third kappa shape index (κ3) is 4.58. The number of unbranched alkanes of at least 4 members (excludes halogenated alkanes) is 2. The summed E-state index contributed by atoms with van der Waals surface area (Å²) in [4.78, 5) is 2.80. The number of hydrogen-bond acceptors (Lipinski definition) is 0. The molecule has 0 saturated heterocycles. The van der Waals surface area contributed by atoms with E-state index in [1.165, 1.54) is 36.0 Å². The molecule has 0 spiro atoms. The quantitative estimate of drug-likeness (QED) is 0.502. The summed E-state index contributed by atoms with van der Waals surface area (Å²) in [7, 11) is 0. The summed E-state index contributed by atoms with van der Waals surface area (Å²) in [5.74, 6) is 0. The monoisotopic (exact) mass is 332 g/mol. The van der Waals surface area contributed by atoms with E-state index in [4.69, 9.17) is 0 Å². The SMILES string of the molecule is CCC[CH2][Sn]([CH3])([CH2]CCC)[CH]1CCCCC1. The van der Waals surface area contributed by atoms with Gasteiger partial charge in [0.1, 0.15) is 0 Å². The molecule has 0 unspecified atom stereocenters. The molecule has 1 aliphatic carbocycles. The van der Waals surface area contributed by atoms with Gasteiger partial charge in [-0.05, 0) is 0 Å². The fourth-order valence-electron chi connectivity index (χ4n) is 3.49. The molecule has 0 bridgehead atoms. The van der Waals surface area contributed by atoms with Crippen molar-refractivity contribution in [3.8, 4) is 0 Å². The van der Waals surface area contributed by atoms with Crippen LogP contribution in [0.3, 0.4) is 0 Å². The summed E-state index contributed by atoms with van der Waals surface area (Å²) in [5, 5.41) is 0. The van der Waals surface area contributed by atoms with Gasteiger partial charge < -0.3 is 0 Å². The van der Waals surface area contributed by atoms with Crippen LogP contribution in [0.4, 0.5) is 0 Å². The molecule has 0 aromatic carbocycles. The molecule has 0 aromatic rings. The van der Waals surface area contributed by atoms with E-state index < -0.39 is 18.4 Å². The molecule has 0 radical (unpaired) electrons. The minimum atomic E-state index is -1.69. The predicted molar refractivity (Wildman–Crippen MR) is 77.9 cm³/mol. The zero-order valence-corrected chi connectivity index (χ0v) is 14.7. The molecule has 0 atom stereocenters. The molecule has 1 fully saturated rings. The van der Waals surface area contributed by atoms with E-state index >= 15 is 0 Å². The summed E-state index contributed by atoms with van der Waals surface area (Å²) in [5.41, 5.74) is 0. The van der Waals surface area contributed by atoms with Crippen molar-refractivity contribution < 1.29 is 0 Å². The molecule has 16 heavy (non-hydrogen) atoms. The number of hydrogen-bond donors (Lipinski definition) is 0. The van der Waals surface area contributed by atoms with Crippen molar-refractivity contribution in [3.63, 3.8) is 0 Å². The maximum absolute atomic E-state index is 2.80. The van der Waals surface area contributed by atoms with Crippen LogP contribution in [-0.2, 0) is 0 Å². The van der Waals surface area contributed by atoms with Gasteiger partial charge in [-0.2, -0.15) is 0 Å². The van der Waals surface area contributed by atoms with Crippen molar-refractivity contribution in [2.75, 3.05) is 0 Å². The Morgan fingerprint density at radius 2 is 1.38 bits per heavy atom. The zero-order chi connectivity index (χ0) is 11.9. The van der Waals surface area contributed by atoms with Crippen molar-refractivity contribution in [1.82, 2.24) is 0 Å². The first-order valence-electron chi connectivity index (χ1n) is 7.73. The third-order valence-corrected chi connectivity index (χ3v) is 20.6. The van der Waals surface area contributed by atoms with Crippen LogP contribution in [0.25, 0.3) is 0 Å². The second kappa shape index (κ2) is 8.00. The Morgan fingerprint density at radius 3 is 1.81 bits per heavy atom. The van der Waals surface area contributed by atoms with Crippen LogP contribution in [0.15, 0.2) is 0 Å². The first-order chi connectivity index (χ1) is 7.73. The molecule has 0 N–H and O–H groups in total. The minimum absolute atomic E-state index is 1.25. The summed E-state index contributed by atoms with van der Waals surface area (Å²) in [6.45, 7) is 4.74. The standard InChI is InChI=1S/C6H11.2C4H9.CH3.Sn/c1-2-4-6-5-3-1;2*1-3-4-2;;/h1H,2-6H2;2*1,3-4H2,2H3;1H3;. The van der Waals surface area contributed by atoms with Crippen molar-refractivity contribution in [2.24, 2.45) is 0 Å². The Hall–Kier alpha value is 0.799. The average Bonchev–Trinajstić information content (AvgIpc) is 2.35. The molecular weight excluding hydrogens is 299 g/mol. The van der Waals surface area contributed by atoms with Crippen molar-refractivity contribution in [2.45, 2.75) is 89.4 Å². The Balaban J connectivity index is 2.51. The van der Waals surface area contributed by atoms with Gasteiger partial charge in [-0.1, -0.05) is 0 Å². The van der Waals surface area contributed by atoms with Gasteiger partial charge in [0.05, 0.1) is 0 Å². The van der Waals surface area contributed by atoms with E-state index in [1.54, 1.807) is 34.6 Å². The van der Waals surface area contributed by atoms with Gasteiger partial charge >= 0.3 is 108 Å². The molecule has 1 saturated carbocycles. The van der Waals surface area contributed by atoms with Gasteiger partial charge in [0.25, 0.3) is 0 Å². The molecule has 0 aromatic heterocycles. The van der Waals surface area contributed by atoms with Crippen LogP contribution in [0.2, 0.25) is 17.7 Å². The first-order valence-corrected chi connectivity index (χ1v) is 16.3. The second-order valence-corrected chi connectivity index (χ2v) is 20.8. The van der Waals surface area contributed by atoms with Gasteiger partial charge in [-0.25, -0.2) is 0 Å². The molecule has 0 aliphatic heterocycles. The van der Waals surface area contributed by atoms with Crippen LogP contribution >= 0.6 is 0 Å². The molecular formula is C15H32Sn. The van der Waals surface area contributed by atoms with Gasteiger partial charge in [0, 0.05) is 0 Å². The van der Waals surface area contributed by atoms with Crippen LogP contribution in [0.1, 0.15) is 71.6 Å². The van der Waals surface area contributed by atoms with E-state index in [1.807, 2.05) is 0 Å². The van der Waals surface area contributed by atoms with Crippen molar-refractivity contribution in [1.29, 1.82) is 0 Å². The first kappa shape index (κ1) is 14.9. The fourth-order valence-corrected chi connectivity index (χ4v) is 18.3. The second-order valence-electron chi connectivity index (χ2n) is 6.20. The summed E-state index contributed by atoms with van der Waals surface area (Å²) in [6.07, 6.45) is 13.8. The van der Waals surface area contributed by atoms with E-state index in [0.29, 0.717) is 0 Å². The Kier molecular flexibility index (Phi) is 7.43. The van der Waals surface area contributed by atoms with E-state index in [9.17, 15) is 0 Å². The van der Waals surface area contributed by atoms with Gasteiger partial charge in [-0.3, -0.25) is 0 Å². The van der Waals surface area contributed by atoms with Crippen LogP contribution < -0.4 is 0 Å². The average molecular weight is 331 g/mol. The molecule has 1 heteroatoms. The summed E-state index contributed by atoms with van der Waals surface area (Å²) < 4.78 is 4.63. The van der Waals surface area contributed by atoms with Gasteiger partial charge in [0.15, 0.2) is 0 Å². The summed E-state index contributed by atoms with van der Waals surface area (Å²) in [6, 6.07) is 0. The van der Waals surface area contributed by atoms with Crippen LogP contribution in [0, 0.1) is 0 Å². The predicted octanol–water partition coefficient (Wildman–Crippen LogP) is 6.00. The van der Waals surface area contributed by atoms with Gasteiger partial charge in [-0.15, -0.1) is 0 Å². The van der Waals surface area contributed by atoms with E-state index in [2.05, 4.69) is 18.8 Å². The molecule has 1 rings (SSSR count). The zero-order valence-electron chi connectivity index (χ0n) is 11.9. The van der Waals surface area contributed by atoms with Crippen molar-refractivity contribution >= 4 is 18.4 Å². The Labute approximate surface area is 107 Å². The van der Waals surface area contributed by atoms with E-state index in [0.717, 1.165) is 0 Å². The van der Waals surface area contributed by atoms with Crippen LogP contribution in [0.5, 0.6) is 0 Å². The molecule has 1 aliphatic rings. The topological polar surface area (TPSA) is 0 Å². The van der Waals surface area contributed by atoms with E-state index in [-0.39, 0.29) is 0 Å². The molecule has 0 amide bonds. The normalized spacial score (nSPS) is 18.9. The van der Waals surface area contributed by atoms with Crippen LogP contribution in [-0.4, -0.2) is 18.4 Å². The summed E-state index contributed by atoms with van der Waals surface area (Å²) >= 11 is -1.69. The number of rotatable bonds is 7. The van der Waals surface area contributed by atoms with Crippen molar-refractivity contribution in [3.05, 3.63) is 0 Å². The third-order valence-electron chi connectivity index (χ3n) is 4.79. The van der Waals surface area contributed by atoms with Gasteiger partial charge in [0.2, 0.25) is 0 Å². The Bertz CT molecular complexity index is 162. The molecule has 0 nitrogen and oxygen atoms in total. The molecule has 0 heterocycles. The molecule has 96 valence electrons. The maximum atomic E-state index is 2.80. The Morgan fingerprint density at radius 1 is 0.875 bits per heavy atom. The fraction of sp³-hybridized carbons (Fsp3) is 1.00.